The maximum Gasteiger partial charge on any atom is 0.188 e. The van der Waals surface area contributed by atoms with E-state index in [9.17, 15) is 0 Å². The van der Waals surface area contributed by atoms with Gasteiger partial charge in [-0.05, 0) is 17.7 Å². The maximum atomic E-state index is 4.36. The van der Waals surface area contributed by atoms with Crippen molar-refractivity contribution in [2.75, 3.05) is 0 Å². The van der Waals surface area contributed by atoms with Gasteiger partial charge in [-0.1, -0.05) is 36.4 Å². The number of pyridine rings is 1. The minimum atomic E-state index is 0.588. The Hall–Kier alpha value is -2.14. The normalized spacial score (nSPS) is 10.6. The average Bonchev–Trinajstić information content (AvgIpc) is 2.82. The van der Waals surface area contributed by atoms with E-state index < -0.39 is 0 Å². The largest absolute Gasteiger partial charge is 0.296 e. The van der Waals surface area contributed by atoms with E-state index in [1.54, 1.807) is 6.20 Å². The highest BCUT2D eigenvalue weighted by atomic mass is 32.1. The van der Waals surface area contributed by atoms with Crippen molar-refractivity contribution in [1.82, 2.24) is 19.7 Å². The first-order valence-corrected chi connectivity index (χ1v) is 6.37. The summed E-state index contributed by atoms with van der Waals surface area (Å²) in [5.41, 5.74) is 1.97. The second kappa shape index (κ2) is 5.24. The third-order valence-electron chi connectivity index (χ3n) is 2.81. The van der Waals surface area contributed by atoms with Gasteiger partial charge in [0.05, 0.1) is 6.54 Å². The fraction of sp³-hybridized carbons (Fsp3) is 0.0714. The minimum absolute atomic E-state index is 0.588. The number of benzene rings is 1. The molecular weight excluding hydrogens is 256 g/mol. The maximum absolute atomic E-state index is 4.36. The molecule has 0 unspecified atom stereocenters. The molecule has 1 aromatic carbocycles. The summed E-state index contributed by atoms with van der Waals surface area (Å²) in [4.78, 5) is 4.31. The fourth-order valence-corrected chi connectivity index (χ4v) is 2.10. The van der Waals surface area contributed by atoms with E-state index in [-0.39, 0.29) is 0 Å². The van der Waals surface area contributed by atoms with Crippen LogP contribution in [-0.2, 0) is 6.54 Å². The molecule has 2 aromatic heterocycles. The molecule has 3 aromatic rings. The first kappa shape index (κ1) is 11.9. The molecule has 0 aliphatic heterocycles. The molecule has 0 fully saturated rings. The molecule has 2 heterocycles. The second-order valence-corrected chi connectivity index (χ2v) is 4.51. The summed E-state index contributed by atoms with van der Waals surface area (Å²) >= 11 is 4.36. The van der Waals surface area contributed by atoms with E-state index in [1.165, 1.54) is 5.56 Å². The molecule has 0 aliphatic rings. The molecule has 0 saturated carbocycles. The van der Waals surface area contributed by atoms with Crippen LogP contribution in [0.1, 0.15) is 5.56 Å². The Kier molecular flexibility index (Phi) is 3.29. The van der Waals surface area contributed by atoms with Gasteiger partial charge in [0.25, 0.3) is 0 Å². The monoisotopic (exact) mass is 268 g/mol. The third-order valence-corrected chi connectivity index (χ3v) is 3.14. The summed E-state index contributed by atoms with van der Waals surface area (Å²) in [7, 11) is 0. The quantitative estimate of drug-likeness (QED) is 0.743. The van der Waals surface area contributed by atoms with Crippen molar-refractivity contribution in [3.8, 4) is 11.5 Å². The topological polar surface area (TPSA) is 43.6 Å². The Labute approximate surface area is 116 Å². The van der Waals surface area contributed by atoms with Gasteiger partial charge in [-0.2, -0.15) is 0 Å². The predicted molar refractivity (Wildman–Crippen MR) is 76.0 cm³/mol. The molecular formula is C14H12N4S. The molecule has 0 N–H and O–H groups in total. The van der Waals surface area contributed by atoms with Crippen molar-refractivity contribution in [3.05, 3.63) is 60.3 Å². The standard InChI is InChI=1S/C14H12N4S/c19-14-17-16-13(12-8-4-5-9-15-12)18(14)10-11-6-2-1-3-7-11/h1-9H,10H2,(H,17,19). The van der Waals surface area contributed by atoms with Gasteiger partial charge < -0.3 is 0 Å². The van der Waals surface area contributed by atoms with Gasteiger partial charge in [-0.15, -0.1) is 22.8 Å². The summed E-state index contributed by atoms with van der Waals surface area (Å²) < 4.78 is 1.95. The van der Waals surface area contributed by atoms with Gasteiger partial charge in [0.2, 0.25) is 0 Å². The van der Waals surface area contributed by atoms with Crippen molar-refractivity contribution >= 4 is 12.6 Å². The number of thiol groups is 1. The highest BCUT2D eigenvalue weighted by Crippen LogP contribution is 2.19. The van der Waals surface area contributed by atoms with Gasteiger partial charge in [0.15, 0.2) is 11.0 Å². The molecule has 0 atom stereocenters. The Morgan fingerprint density at radius 2 is 1.74 bits per heavy atom. The van der Waals surface area contributed by atoms with Crippen molar-refractivity contribution in [1.29, 1.82) is 0 Å². The number of aromatic nitrogens is 4. The van der Waals surface area contributed by atoms with Crippen molar-refractivity contribution < 1.29 is 0 Å². The molecule has 3 rings (SSSR count). The molecule has 19 heavy (non-hydrogen) atoms. The molecule has 0 bridgehead atoms. The lowest BCUT2D eigenvalue weighted by molar-refractivity contribution is 0.716. The van der Waals surface area contributed by atoms with Crippen LogP contribution in [-0.4, -0.2) is 19.7 Å². The Morgan fingerprint density at radius 3 is 2.47 bits per heavy atom. The first-order chi connectivity index (χ1) is 9.34. The molecule has 94 valence electrons. The van der Waals surface area contributed by atoms with Gasteiger partial charge >= 0.3 is 0 Å². The van der Waals surface area contributed by atoms with Gasteiger partial charge in [-0.25, -0.2) is 0 Å². The smallest absolute Gasteiger partial charge is 0.188 e. The zero-order valence-corrected chi connectivity index (χ0v) is 11.0. The summed E-state index contributed by atoms with van der Waals surface area (Å²) in [6.45, 7) is 0.679. The van der Waals surface area contributed by atoms with Gasteiger partial charge in [0, 0.05) is 6.20 Å². The summed E-state index contributed by atoms with van der Waals surface area (Å²) in [6.07, 6.45) is 1.75. The van der Waals surface area contributed by atoms with Crippen LogP contribution in [0, 0.1) is 0 Å². The molecule has 0 spiro atoms. The van der Waals surface area contributed by atoms with Crippen LogP contribution in [0.15, 0.2) is 59.9 Å². The lowest BCUT2D eigenvalue weighted by Gasteiger charge is -2.07. The minimum Gasteiger partial charge on any atom is -0.296 e. The van der Waals surface area contributed by atoms with Crippen LogP contribution in [0.25, 0.3) is 11.5 Å². The summed E-state index contributed by atoms with van der Waals surface area (Å²) in [5.74, 6) is 0.731. The number of hydrogen-bond donors (Lipinski definition) is 1. The SMILES string of the molecule is Sc1nnc(-c2ccccn2)n1Cc1ccccc1. The predicted octanol–water partition coefficient (Wildman–Crippen LogP) is 2.68. The average molecular weight is 268 g/mol. The number of rotatable bonds is 3. The Morgan fingerprint density at radius 1 is 0.947 bits per heavy atom. The summed E-state index contributed by atoms with van der Waals surface area (Å²) in [6, 6.07) is 15.9. The zero-order valence-electron chi connectivity index (χ0n) is 10.1. The molecule has 4 nitrogen and oxygen atoms in total. The van der Waals surface area contributed by atoms with E-state index in [1.807, 2.05) is 41.0 Å². The Bertz CT molecular complexity index is 664. The summed E-state index contributed by atoms with van der Waals surface area (Å²) in [5, 5.41) is 8.77. The molecule has 0 radical (unpaired) electrons. The van der Waals surface area contributed by atoms with E-state index in [4.69, 9.17) is 0 Å². The second-order valence-electron chi connectivity index (χ2n) is 4.11. The van der Waals surface area contributed by atoms with Crippen LogP contribution in [0.4, 0.5) is 0 Å². The number of nitrogens with zero attached hydrogens (tertiary/aromatic N) is 4. The van der Waals surface area contributed by atoms with Crippen LogP contribution in [0.5, 0.6) is 0 Å². The number of hydrogen-bond acceptors (Lipinski definition) is 4. The highest BCUT2D eigenvalue weighted by Gasteiger charge is 2.12. The van der Waals surface area contributed by atoms with E-state index >= 15 is 0 Å². The van der Waals surface area contributed by atoms with Crippen molar-refractivity contribution in [3.63, 3.8) is 0 Å². The van der Waals surface area contributed by atoms with E-state index in [2.05, 4.69) is 39.9 Å². The molecule has 5 heteroatoms. The lowest BCUT2D eigenvalue weighted by atomic mass is 10.2. The molecule has 0 saturated heterocycles. The van der Waals surface area contributed by atoms with Crippen LogP contribution >= 0.6 is 12.6 Å². The van der Waals surface area contributed by atoms with E-state index in [0.717, 1.165) is 11.5 Å². The Balaban J connectivity index is 2.00. The van der Waals surface area contributed by atoms with Gasteiger partial charge in [0.1, 0.15) is 5.69 Å². The molecule has 0 aliphatic carbocycles. The van der Waals surface area contributed by atoms with Gasteiger partial charge in [-0.3, -0.25) is 9.55 Å². The third kappa shape index (κ3) is 2.51. The first-order valence-electron chi connectivity index (χ1n) is 5.92. The van der Waals surface area contributed by atoms with E-state index in [0.29, 0.717) is 11.7 Å². The highest BCUT2D eigenvalue weighted by molar-refractivity contribution is 7.80. The van der Waals surface area contributed by atoms with Crippen LogP contribution in [0.3, 0.4) is 0 Å². The lowest BCUT2D eigenvalue weighted by Crippen LogP contribution is -2.03. The zero-order chi connectivity index (χ0) is 13.1. The van der Waals surface area contributed by atoms with Crippen molar-refractivity contribution in [2.24, 2.45) is 0 Å². The van der Waals surface area contributed by atoms with Crippen LogP contribution in [0.2, 0.25) is 0 Å². The molecule has 0 amide bonds. The van der Waals surface area contributed by atoms with Crippen LogP contribution < -0.4 is 0 Å². The fourth-order valence-electron chi connectivity index (χ4n) is 1.89. The van der Waals surface area contributed by atoms with Crippen molar-refractivity contribution in [2.45, 2.75) is 11.7 Å².